The minimum absolute atomic E-state index is 0.0356. The van der Waals surface area contributed by atoms with E-state index in [1.807, 2.05) is 0 Å². The maximum absolute atomic E-state index is 12.3. The molecule has 2 aliphatic carbocycles. The molecule has 0 fully saturated rings. The number of nitrogens with zero attached hydrogens (tertiary/aromatic N) is 1. The van der Waals surface area contributed by atoms with Gasteiger partial charge in [-0.05, 0) is 37.3 Å². The molecule has 0 amide bonds. The number of Topliss-reactive ketones (excluding diaryl/α,β-unsaturated/α-hetero) is 3. The second-order valence-electron chi connectivity index (χ2n) is 11.4. The van der Waals surface area contributed by atoms with Crippen LogP contribution in [0.25, 0.3) is 5.76 Å². The summed E-state index contributed by atoms with van der Waals surface area (Å²) >= 11 is 0. The van der Waals surface area contributed by atoms with Crippen LogP contribution in [0.3, 0.4) is 0 Å². The van der Waals surface area contributed by atoms with Crippen LogP contribution in [0.15, 0.2) is 77.9 Å². The molecule has 0 N–H and O–H groups in total. The number of benzene rings is 2. The Morgan fingerprint density at radius 2 is 0.976 bits per heavy atom. The number of unbranched alkanes of at least 4 members (excludes halogenated alkanes) is 4. The van der Waals surface area contributed by atoms with Gasteiger partial charge in [-0.3, -0.25) is 14.4 Å². The lowest BCUT2D eigenvalue weighted by molar-refractivity contribution is -0.929. The summed E-state index contributed by atoms with van der Waals surface area (Å²) in [5.74, 6) is -1.38. The Kier molecular flexibility index (Phi) is 12.7. The highest BCUT2D eigenvalue weighted by Gasteiger charge is 2.32. The van der Waals surface area contributed by atoms with Crippen LogP contribution < -0.4 is 5.11 Å². The van der Waals surface area contributed by atoms with Gasteiger partial charge in [-0.2, -0.15) is 0 Å². The zero-order valence-corrected chi connectivity index (χ0v) is 25.9. The van der Waals surface area contributed by atoms with Gasteiger partial charge in [0.05, 0.1) is 31.8 Å². The van der Waals surface area contributed by atoms with Gasteiger partial charge in [-0.1, -0.05) is 120 Å². The Balaban J connectivity index is 0.000000252. The first-order valence-corrected chi connectivity index (χ1v) is 15.8. The molecule has 0 aliphatic heterocycles. The molecule has 5 heteroatoms. The highest BCUT2D eigenvalue weighted by molar-refractivity contribution is 6.39. The van der Waals surface area contributed by atoms with E-state index in [0.717, 1.165) is 0 Å². The van der Waals surface area contributed by atoms with E-state index in [4.69, 9.17) is 0 Å². The molecule has 42 heavy (non-hydrogen) atoms. The molecule has 0 heterocycles. The molecule has 5 nitrogen and oxygen atoms in total. The van der Waals surface area contributed by atoms with Crippen molar-refractivity contribution in [2.75, 3.05) is 26.2 Å². The van der Waals surface area contributed by atoms with E-state index in [2.05, 4.69) is 27.7 Å². The molecule has 0 saturated heterocycles. The van der Waals surface area contributed by atoms with Crippen LogP contribution in [0, 0.1) is 0 Å². The first kappa shape index (κ1) is 32.9. The topological polar surface area (TPSA) is 74.3 Å². The molecule has 0 aromatic heterocycles. The summed E-state index contributed by atoms with van der Waals surface area (Å²) in [6.45, 7) is 15.0. The molecule has 224 valence electrons. The van der Waals surface area contributed by atoms with E-state index < -0.39 is 0 Å². The van der Waals surface area contributed by atoms with Crippen molar-refractivity contribution in [3.05, 3.63) is 100 Å². The third-order valence-corrected chi connectivity index (χ3v) is 8.28. The molecule has 0 bridgehead atoms. The zero-order chi connectivity index (χ0) is 30.5. The van der Waals surface area contributed by atoms with Crippen molar-refractivity contribution in [1.29, 1.82) is 0 Å². The Labute approximate surface area is 252 Å². The number of hydrogen-bond donors (Lipinski definition) is 0. The fraction of sp³-hybridized carbons (Fsp3) is 0.432. The van der Waals surface area contributed by atoms with E-state index in [9.17, 15) is 19.5 Å². The number of fused-ring (bicyclic) bond motifs is 2. The second kappa shape index (κ2) is 16.2. The van der Waals surface area contributed by atoms with E-state index in [1.54, 1.807) is 48.5 Å². The summed E-state index contributed by atoms with van der Waals surface area (Å²) in [5, 5.41) is 12.3. The quantitative estimate of drug-likeness (QED) is 0.134. The fourth-order valence-corrected chi connectivity index (χ4v) is 5.73. The van der Waals surface area contributed by atoms with Crippen molar-refractivity contribution in [1.82, 2.24) is 0 Å². The highest BCUT2D eigenvalue weighted by Crippen LogP contribution is 2.30. The number of ketones is 3. The molecule has 4 rings (SSSR count). The molecule has 2 aromatic rings. The maximum Gasteiger partial charge on any atom is 0.197 e. The van der Waals surface area contributed by atoms with E-state index in [-0.39, 0.29) is 34.3 Å². The average molecular weight is 570 g/mol. The molecule has 0 unspecified atom stereocenters. The summed E-state index contributed by atoms with van der Waals surface area (Å²) in [5.41, 5.74) is 1.57. The van der Waals surface area contributed by atoms with Crippen LogP contribution in [0.5, 0.6) is 0 Å². The van der Waals surface area contributed by atoms with Gasteiger partial charge in [0.25, 0.3) is 0 Å². The molecule has 0 radical (unpaired) electrons. The lowest BCUT2D eigenvalue weighted by Crippen LogP contribution is -2.50. The van der Waals surface area contributed by atoms with Crippen LogP contribution in [0.1, 0.15) is 116 Å². The first-order chi connectivity index (χ1) is 20.3. The smallest absolute Gasteiger partial charge is 0.197 e. The summed E-state index contributed by atoms with van der Waals surface area (Å²) in [7, 11) is 0. The van der Waals surface area contributed by atoms with E-state index >= 15 is 0 Å². The monoisotopic (exact) mass is 569 g/mol. The summed E-state index contributed by atoms with van der Waals surface area (Å²) in [4.78, 5) is 36.8. The molecule has 2 aromatic carbocycles. The van der Waals surface area contributed by atoms with Gasteiger partial charge in [0, 0.05) is 22.3 Å². The maximum atomic E-state index is 12.3. The van der Waals surface area contributed by atoms with Crippen molar-refractivity contribution >= 4 is 23.1 Å². The number of allylic oxidation sites excluding steroid dienone is 5. The standard InChI is InChI=1S/C21H12O4.C16H36N/c22-18-12-6-1-2-7-13(12)19(23)16(18)10-5-11-17-20(24)14-8-3-4-9-15(14)21(17)25;1-5-9-13-17(14-10-6-2,15-11-7-3)16-12-8-4/h1-11,22H;5-16H2,1-4H3/q;+1/p-1/b10-5+;. The molecular weight excluding hydrogens is 522 g/mol. The van der Waals surface area contributed by atoms with Gasteiger partial charge in [-0.25, -0.2) is 0 Å². The second-order valence-corrected chi connectivity index (χ2v) is 11.4. The van der Waals surface area contributed by atoms with Crippen molar-refractivity contribution in [2.24, 2.45) is 0 Å². The molecule has 0 saturated carbocycles. The van der Waals surface area contributed by atoms with Crippen LogP contribution in [-0.4, -0.2) is 48.0 Å². The molecule has 0 spiro atoms. The highest BCUT2D eigenvalue weighted by atomic mass is 16.3. The predicted molar refractivity (Wildman–Crippen MR) is 169 cm³/mol. The Hall–Kier alpha value is -3.57. The van der Waals surface area contributed by atoms with Gasteiger partial charge in [0.2, 0.25) is 0 Å². The fourth-order valence-electron chi connectivity index (χ4n) is 5.73. The van der Waals surface area contributed by atoms with Crippen LogP contribution in [0.4, 0.5) is 0 Å². The van der Waals surface area contributed by atoms with Crippen molar-refractivity contribution in [3.63, 3.8) is 0 Å². The van der Waals surface area contributed by atoms with Gasteiger partial charge in [0.15, 0.2) is 17.3 Å². The Bertz CT molecular complexity index is 1270. The van der Waals surface area contributed by atoms with Crippen molar-refractivity contribution in [2.45, 2.75) is 79.1 Å². The SMILES string of the molecule is CCCC[N+](CCCC)(CCCC)CCCC.O=C1C(=C/C=C/C2=C([O-])c3ccccc3C2=O)C(=O)c2ccccc21. The van der Waals surface area contributed by atoms with Gasteiger partial charge >= 0.3 is 0 Å². The van der Waals surface area contributed by atoms with Gasteiger partial charge in [0.1, 0.15) is 0 Å². The Morgan fingerprint density at radius 3 is 1.36 bits per heavy atom. The number of carbonyl (C=O) groups is 3. The minimum Gasteiger partial charge on any atom is -0.872 e. The number of carbonyl (C=O) groups excluding carboxylic acids is 3. The molecule has 2 aliphatic rings. The number of quaternary nitrogens is 1. The van der Waals surface area contributed by atoms with Crippen LogP contribution >= 0.6 is 0 Å². The minimum atomic E-state index is -0.345. The predicted octanol–water partition coefficient (Wildman–Crippen LogP) is 7.52. The number of hydrogen-bond acceptors (Lipinski definition) is 4. The lowest BCUT2D eigenvalue weighted by atomic mass is 10.1. The van der Waals surface area contributed by atoms with Crippen molar-refractivity contribution in [3.8, 4) is 0 Å². The third-order valence-electron chi connectivity index (χ3n) is 8.28. The normalized spacial score (nSPS) is 14.4. The van der Waals surface area contributed by atoms with Crippen molar-refractivity contribution < 1.29 is 24.0 Å². The van der Waals surface area contributed by atoms with Crippen LogP contribution in [0.2, 0.25) is 0 Å². The summed E-state index contributed by atoms with van der Waals surface area (Å²) < 4.78 is 1.42. The van der Waals surface area contributed by atoms with Crippen LogP contribution in [-0.2, 0) is 0 Å². The largest absolute Gasteiger partial charge is 0.872 e. The molecular formula is C37H47NO4. The third kappa shape index (κ3) is 7.83. The van der Waals surface area contributed by atoms with E-state index in [0.29, 0.717) is 22.3 Å². The lowest BCUT2D eigenvalue weighted by Gasteiger charge is -2.39. The van der Waals surface area contributed by atoms with Gasteiger partial charge in [-0.15, -0.1) is 0 Å². The number of rotatable bonds is 14. The summed E-state index contributed by atoms with van der Waals surface area (Å²) in [6.07, 6.45) is 15.2. The zero-order valence-electron chi connectivity index (χ0n) is 25.9. The Morgan fingerprint density at radius 1 is 0.595 bits per heavy atom. The first-order valence-electron chi connectivity index (χ1n) is 15.8. The summed E-state index contributed by atoms with van der Waals surface area (Å²) in [6, 6.07) is 13.2. The average Bonchev–Trinajstić information content (AvgIpc) is 3.41. The van der Waals surface area contributed by atoms with Gasteiger partial charge < -0.3 is 9.59 Å². The van der Waals surface area contributed by atoms with E-state index in [1.165, 1.54) is 100 Å². The molecule has 0 atom stereocenters.